The molecule has 1 amide bonds. The van der Waals surface area contributed by atoms with Crippen LogP contribution in [-0.2, 0) is 11.3 Å². The maximum absolute atomic E-state index is 12.0. The van der Waals surface area contributed by atoms with Gasteiger partial charge < -0.3 is 10.6 Å². The Balaban J connectivity index is 1.86. The highest BCUT2D eigenvalue weighted by Crippen LogP contribution is 2.13. The average molecular weight is 380 g/mol. The first-order valence-corrected chi connectivity index (χ1v) is 7.57. The molecule has 0 aliphatic carbocycles. The van der Waals surface area contributed by atoms with Crippen LogP contribution < -0.4 is 10.6 Å². The predicted octanol–water partition coefficient (Wildman–Crippen LogP) is 3.41. The highest BCUT2D eigenvalue weighted by atomic mass is 127. The van der Waals surface area contributed by atoms with E-state index in [1.54, 1.807) is 0 Å². The number of halogens is 1. The zero-order valence-electron chi connectivity index (χ0n) is 11.3. The molecule has 0 aromatic heterocycles. The zero-order valence-corrected chi connectivity index (χ0v) is 13.4. The molecule has 2 rings (SSSR count). The third-order valence-corrected chi connectivity index (χ3v) is 3.58. The van der Waals surface area contributed by atoms with Crippen LogP contribution in [0.2, 0.25) is 0 Å². The maximum Gasteiger partial charge on any atom is 0.242 e. The van der Waals surface area contributed by atoms with Crippen LogP contribution in [0.4, 0.5) is 5.69 Å². The van der Waals surface area contributed by atoms with Crippen LogP contribution in [0.25, 0.3) is 0 Å². The normalized spacial score (nSPS) is 11.7. The van der Waals surface area contributed by atoms with Gasteiger partial charge in [-0.1, -0.05) is 36.4 Å². The first-order chi connectivity index (χ1) is 9.65. The number of hydrogen-bond donors (Lipinski definition) is 2. The number of amides is 1. The zero-order chi connectivity index (χ0) is 14.4. The summed E-state index contributed by atoms with van der Waals surface area (Å²) in [6.07, 6.45) is 0. The van der Waals surface area contributed by atoms with Gasteiger partial charge >= 0.3 is 0 Å². The second-order valence-corrected chi connectivity index (χ2v) is 5.83. The third-order valence-electron chi connectivity index (χ3n) is 2.91. The Bertz CT molecular complexity index is 572. The molecule has 0 aliphatic rings. The minimum atomic E-state index is -0.267. The number of rotatable bonds is 5. The van der Waals surface area contributed by atoms with E-state index < -0.39 is 0 Å². The van der Waals surface area contributed by atoms with Gasteiger partial charge in [-0.3, -0.25) is 4.79 Å². The minimum Gasteiger partial charge on any atom is -0.374 e. The Morgan fingerprint density at radius 2 is 1.90 bits per heavy atom. The van der Waals surface area contributed by atoms with Gasteiger partial charge in [0.2, 0.25) is 5.91 Å². The summed E-state index contributed by atoms with van der Waals surface area (Å²) in [5.74, 6) is -0.00675. The van der Waals surface area contributed by atoms with Crippen molar-refractivity contribution in [3.63, 3.8) is 0 Å². The summed E-state index contributed by atoms with van der Waals surface area (Å²) in [7, 11) is 0. The Morgan fingerprint density at radius 1 is 1.15 bits per heavy atom. The van der Waals surface area contributed by atoms with Crippen molar-refractivity contribution in [2.75, 3.05) is 5.32 Å². The van der Waals surface area contributed by atoms with E-state index in [9.17, 15) is 4.79 Å². The van der Waals surface area contributed by atoms with Crippen molar-refractivity contribution < 1.29 is 4.79 Å². The van der Waals surface area contributed by atoms with E-state index in [4.69, 9.17) is 0 Å². The number of carbonyl (C=O) groups excluding carboxylic acids is 1. The molecule has 2 N–H and O–H groups in total. The van der Waals surface area contributed by atoms with E-state index in [-0.39, 0.29) is 11.9 Å². The Labute approximate surface area is 132 Å². The first kappa shape index (κ1) is 14.8. The van der Waals surface area contributed by atoms with E-state index in [1.165, 1.54) is 0 Å². The first-order valence-electron chi connectivity index (χ1n) is 6.49. The number of hydrogen-bond acceptors (Lipinski definition) is 2. The number of nitrogens with one attached hydrogen (secondary N) is 2. The van der Waals surface area contributed by atoms with Crippen LogP contribution >= 0.6 is 22.6 Å². The molecule has 0 bridgehead atoms. The van der Waals surface area contributed by atoms with Crippen molar-refractivity contribution in [1.82, 2.24) is 5.32 Å². The average Bonchev–Trinajstić information content (AvgIpc) is 2.46. The molecular weight excluding hydrogens is 363 g/mol. The van der Waals surface area contributed by atoms with Crippen molar-refractivity contribution in [2.24, 2.45) is 0 Å². The molecular formula is C16H17IN2O. The topological polar surface area (TPSA) is 41.1 Å². The van der Waals surface area contributed by atoms with Gasteiger partial charge in [0.25, 0.3) is 0 Å². The molecule has 0 saturated carbocycles. The fourth-order valence-corrected chi connectivity index (χ4v) is 2.38. The van der Waals surface area contributed by atoms with E-state index in [0.717, 1.165) is 14.8 Å². The quantitative estimate of drug-likeness (QED) is 0.781. The number of anilines is 1. The Kier molecular flexibility index (Phi) is 5.40. The van der Waals surface area contributed by atoms with Crippen LogP contribution in [0, 0.1) is 3.57 Å². The molecule has 2 aromatic rings. The summed E-state index contributed by atoms with van der Waals surface area (Å²) in [6.45, 7) is 2.41. The SMILES string of the molecule is C[C@@H](Nc1cccc(I)c1)C(=O)NCc1ccccc1. The fraction of sp³-hybridized carbons (Fsp3) is 0.188. The lowest BCUT2D eigenvalue weighted by atomic mass is 10.2. The van der Waals surface area contributed by atoms with Gasteiger partial charge in [-0.05, 0) is 53.3 Å². The van der Waals surface area contributed by atoms with Crippen LogP contribution in [0.1, 0.15) is 12.5 Å². The van der Waals surface area contributed by atoms with Crippen LogP contribution in [0.3, 0.4) is 0 Å². The standard InChI is InChI=1S/C16H17IN2O/c1-12(19-15-9-5-8-14(17)10-15)16(20)18-11-13-6-3-2-4-7-13/h2-10,12,19H,11H2,1H3,(H,18,20)/t12-/m1/s1. The molecule has 0 unspecified atom stereocenters. The van der Waals surface area contributed by atoms with E-state index in [2.05, 4.69) is 33.2 Å². The predicted molar refractivity (Wildman–Crippen MR) is 90.5 cm³/mol. The summed E-state index contributed by atoms with van der Waals surface area (Å²) >= 11 is 2.25. The van der Waals surface area contributed by atoms with Gasteiger partial charge in [0.15, 0.2) is 0 Å². The molecule has 0 radical (unpaired) electrons. The lowest BCUT2D eigenvalue weighted by Crippen LogP contribution is -2.37. The van der Waals surface area contributed by atoms with Crippen molar-refractivity contribution in [3.05, 3.63) is 63.7 Å². The molecule has 0 aliphatic heterocycles. The van der Waals surface area contributed by atoms with Gasteiger partial charge in [-0.2, -0.15) is 0 Å². The van der Waals surface area contributed by atoms with Gasteiger partial charge in [0, 0.05) is 15.8 Å². The molecule has 0 heterocycles. The van der Waals surface area contributed by atoms with Crippen molar-refractivity contribution in [2.45, 2.75) is 19.5 Å². The van der Waals surface area contributed by atoms with Crippen LogP contribution in [0.5, 0.6) is 0 Å². The third kappa shape index (κ3) is 4.52. The number of carbonyl (C=O) groups is 1. The van der Waals surface area contributed by atoms with E-state index in [0.29, 0.717) is 6.54 Å². The summed E-state index contributed by atoms with van der Waals surface area (Å²) in [4.78, 5) is 12.0. The minimum absolute atomic E-state index is 0.00675. The molecule has 4 heteroatoms. The van der Waals surface area contributed by atoms with Crippen molar-refractivity contribution in [3.8, 4) is 0 Å². The summed E-state index contributed by atoms with van der Waals surface area (Å²) in [6, 6.07) is 17.6. The monoisotopic (exact) mass is 380 g/mol. The van der Waals surface area contributed by atoms with Gasteiger partial charge in [-0.15, -0.1) is 0 Å². The maximum atomic E-state index is 12.0. The lowest BCUT2D eigenvalue weighted by molar-refractivity contribution is -0.121. The second kappa shape index (κ2) is 7.28. The van der Waals surface area contributed by atoms with E-state index >= 15 is 0 Å². The molecule has 1 atom stereocenters. The summed E-state index contributed by atoms with van der Waals surface area (Å²) < 4.78 is 1.14. The van der Waals surface area contributed by atoms with Crippen LogP contribution in [0.15, 0.2) is 54.6 Å². The van der Waals surface area contributed by atoms with Crippen molar-refractivity contribution in [1.29, 1.82) is 0 Å². The highest BCUT2D eigenvalue weighted by Gasteiger charge is 2.11. The number of benzene rings is 2. The van der Waals surface area contributed by atoms with Gasteiger partial charge in [-0.25, -0.2) is 0 Å². The molecule has 3 nitrogen and oxygen atoms in total. The molecule has 20 heavy (non-hydrogen) atoms. The second-order valence-electron chi connectivity index (χ2n) is 4.58. The van der Waals surface area contributed by atoms with Gasteiger partial charge in [0.1, 0.15) is 6.04 Å². The molecule has 2 aromatic carbocycles. The summed E-state index contributed by atoms with van der Waals surface area (Å²) in [5.41, 5.74) is 2.06. The van der Waals surface area contributed by atoms with Gasteiger partial charge in [0.05, 0.1) is 0 Å². The largest absolute Gasteiger partial charge is 0.374 e. The highest BCUT2D eigenvalue weighted by molar-refractivity contribution is 14.1. The molecule has 0 fully saturated rings. The Morgan fingerprint density at radius 3 is 2.60 bits per heavy atom. The fourth-order valence-electron chi connectivity index (χ4n) is 1.83. The van der Waals surface area contributed by atoms with Crippen molar-refractivity contribution >= 4 is 34.2 Å². The lowest BCUT2D eigenvalue weighted by Gasteiger charge is -2.15. The smallest absolute Gasteiger partial charge is 0.242 e. The summed E-state index contributed by atoms with van der Waals surface area (Å²) in [5, 5.41) is 6.13. The molecule has 0 saturated heterocycles. The Hall–Kier alpha value is -1.56. The van der Waals surface area contributed by atoms with E-state index in [1.807, 2.05) is 61.5 Å². The van der Waals surface area contributed by atoms with Crippen LogP contribution in [-0.4, -0.2) is 11.9 Å². The molecule has 0 spiro atoms. The molecule has 104 valence electrons.